The molecule has 2 fully saturated rings. The lowest BCUT2D eigenvalue weighted by Crippen LogP contribution is -2.27. The molecule has 2 saturated carbocycles. The van der Waals surface area contributed by atoms with Crippen LogP contribution in [0.4, 0.5) is 0 Å². The Morgan fingerprint density at radius 3 is 2.27 bits per heavy atom. The van der Waals surface area contributed by atoms with Crippen molar-refractivity contribution in [1.82, 2.24) is 0 Å². The van der Waals surface area contributed by atoms with Gasteiger partial charge in [0.05, 0.1) is 18.3 Å². The van der Waals surface area contributed by atoms with Crippen LogP contribution in [0.3, 0.4) is 0 Å². The van der Waals surface area contributed by atoms with Gasteiger partial charge in [0.2, 0.25) is 0 Å². The first kappa shape index (κ1) is 11.4. The molecule has 1 atom stereocenters. The summed E-state index contributed by atoms with van der Waals surface area (Å²) in [4.78, 5) is 0. The molecule has 0 saturated heterocycles. The van der Waals surface area contributed by atoms with Gasteiger partial charge in [-0.25, -0.2) is 0 Å². The molecule has 0 spiro atoms. The molecular weight excluding hydrogens is 188 g/mol. The van der Waals surface area contributed by atoms with Crippen molar-refractivity contribution >= 4 is 0 Å². The third kappa shape index (κ3) is 3.76. The van der Waals surface area contributed by atoms with Gasteiger partial charge < -0.3 is 9.47 Å². The van der Waals surface area contributed by atoms with Gasteiger partial charge in [0.15, 0.2) is 0 Å². The fourth-order valence-electron chi connectivity index (χ4n) is 2.36. The summed E-state index contributed by atoms with van der Waals surface area (Å²) in [5.74, 6) is 0. The number of rotatable bonds is 6. The Labute approximate surface area is 93.3 Å². The standard InChI is InChI=1S/C13H24O2/c1-11(15-13-7-4-8-13)9-10-14-12-5-2-3-6-12/h11-13H,2-10H2,1H3. The van der Waals surface area contributed by atoms with E-state index in [1.165, 1.54) is 44.9 Å². The van der Waals surface area contributed by atoms with Gasteiger partial charge in [-0.1, -0.05) is 12.8 Å². The van der Waals surface area contributed by atoms with Gasteiger partial charge in [-0.05, 0) is 45.4 Å². The van der Waals surface area contributed by atoms with Crippen molar-refractivity contribution in [2.75, 3.05) is 6.61 Å². The van der Waals surface area contributed by atoms with Crippen molar-refractivity contribution in [3.63, 3.8) is 0 Å². The van der Waals surface area contributed by atoms with Crippen molar-refractivity contribution < 1.29 is 9.47 Å². The normalized spacial score (nSPS) is 25.4. The smallest absolute Gasteiger partial charge is 0.0578 e. The van der Waals surface area contributed by atoms with Crippen LogP contribution in [0.2, 0.25) is 0 Å². The Balaban J connectivity index is 1.48. The molecule has 0 radical (unpaired) electrons. The van der Waals surface area contributed by atoms with Crippen LogP contribution in [0.5, 0.6) is 0 Å². The molecule has 2 aliphatic carbocycles. The Morgan fingerprint density at radius 2 is 1.67 bits per heavy atom. The summed E-state index contributed by atoms with van der Waals surface area (Å²) < 4.78 is 11.7. The lowest BCUT2D eigenvalue weighted by Gasteiger charge is -2.29. The molecule has 0 aromatic carbocycles. The highest BCUT2D eigenvalue weighted by atomic mass is 16.5. The van der Waals surface area contributed by atoms with Gasteiger partial charge in [-0.2, -0.15) is 0 Å². The molecule has 0 N–H and O–H groups in total. The zero-order valence-electron chi connectivity index (χ0n) is 9.91. The van der Waals surface area contributed by atoms with Crippen molar-refractivity contribution in [3.05, 3.63) is 0 Å². The van der Waals surface area contributed by atoms with Crippen LogP contribution >= 0.6 is 0 Å². The summed E-state index contributed by atoms with van der Waals surface area (Å²) in [5, 5.41) is 0. The van der Waals surface area contributed by atoms with E-state index in [-0.39, 0.29) is 0 Å². The third-order valence-electron chi connectivity index (χ3n) is 3.66. The second-order valence-electron chi connectivity index (χ2n) is 5.07. The monoisotopic (exact) mass is 212 g/mol. The van der Waals surface area contributed by atoms with Crippen molar-refractivity contribution in [3.8, 4) is 0 Å². The molecule has 0 amide bonds. The van der Waals surface area contributed by atoms with Gasteiger partial charge in [0, 0.05) is 6.61 Å². The first-order valence-corrected chi connectivity index (χ1v) is 6.61. The molecule has 0 aromatic rings. The molecule has 2 rings (SSSR count). The highest BCUT2D eigenvalue weighted by Gasteiger charge is 2.21. The van der Waals surface area contributed by atoms with Gasteiger partial charge in [-0.15, -0.1) is 0 Å². The molecule has 88 valence electrons. The van der Waals surface area contributed by atoms with Crippen molar-refractivity contribution in [2.24, 2.45) is 0 Å². The second kappa shape index (κ2) is 5.86. The highest BCUT2D eigenvalue weighted by molar-refractivity contribution is 4.71. The largest absolute Gasteiger partial charge is 0.378 e. The Bertz CT molecular complexity index is 171. The molecule has 2 aliphatic rings. The molecule has 0 aliphatic heterocycles. The van der Waals surface area contributed by atoms with E-state index in [9.17, 15) is 0 Å². The van der Waals surface area contributed by atoms with Gasteiger partial charge in [0.1, 0.15) is 0 Å². The maximum Gasteiger partial charge on any atom is 0.0578 e. The van der Waals surface area contributed by atoms with Crippen LogP contribution in [0, 0.1) is 0 Å². The van der Waals surface area contributed by atoms with Crippen LogP contribution in [-0.4, -0.2) is 24.9 Å². The highest BCUT2D eigenvalue weighted by Crippen LogP contribution is 2.24. The second-order valence-corrected chi connectivity index (χ2v) is 5.07. The van der Waals surface area contributed by atoms with Crippen LogP contribution in [0.25, 0.3) is 0 Å². The predicted molar refractivity (Wildman–Crippen MR) is 61.0 cm³/mol. The maximum absolute atomic E-state index is 5.87. The summed E-state index contributed by atoms with van der Waals surface area (Å²) in [7, 11) is 0. The van der Waals surface area contributed by atoms with Crippen LogP contribution in [-0.2, 0) is 9.47 Å². The minimum absolute atomic E-state index is 0.386. The fourth-order valence-corrected chi connectivity index (χ4v) is 2.36. The first-order valence-electron chi connectivity index (χ1n) is 6.61. The van der Waals surface area contributed by atoms with Crippen LogP contribution < -0.4 is 0 Å². The van der Waals surface area contributed by atoms with Gasteiger partial charge in [-0.3, -0.25) is 0 Å². The molecule has 2 nitrogen and oxygen atoms in total. The van der Waals surface area contributed by atoms with E-state index in [1.54, 1.807) is 0 Å². The van der Waals surface area contributed by atoms with E-state index in [0.29, 0.717) is 18.3 Å². The minimum Gasteiger partial charge on any atom is -0.378 e. The number of hydrogen-bond acceptors (Lipinski definition) is 2. The zero-order valence-corrected chi connectivity index (χ0v) is 9.91. The molecule has 0 bridgehead atoms. The SMILES string of the molecule is CC(CCOC1CCCC1)OC1CCC1. The topological polar surface area (TPSA) is 18.5 Å². The Morgan fingerprint density at radius 1 is 1.00 bits per heavy atom. The van der Waals surface area contributed by atoms with Gasteiger partial charge >= 0.3 is 0 Å². The molecule has 2 heteroatoms. The van der Waals surface area contributed by atoms with Crippen molar-refractivity contribution in [1.29, 1.82) is 0 Å². The van der Waals surface area contributed by atoms with Gasteiger partial charge in [0.25, 0.3) is 0 Å². The third-order valence-corrected chi connectivity index (χ3v) is 3.66. The molecular formula is C13H24O2. The van der Waals surface area contributed by atoms with Crippen molar-refractivity contribution in [2.45, 2.75) is 76.6 Å². The lowest BCUT2D eigenvalue weighted by atomic mass is 9.96. The van der Waals surface area contributed by atoms with E-state index in [1.807, 2.05) is 0 Å². The summed E-state index contributed by atoms with van der Waals surface area (Å²) in [5.41, 5.74) is 0. The zero-order chi connectivity index (χ0) is 10.5. The number of ether oxygens (including phenoxy) is 2. The lowest BCUT2D eigenvalue weighted by molar-refractivity contribution is -0.0597. The summed E-state index contributed by atoms with van der Waals surface area (Å²) >= 11 is 0. The minimum atomic E-state index is 0.386. The van der Waals surface area contributed by atoms with Crippen LogP contribution in [0.15, 0.2) is 0 Å². The molecule has 1 unspecified atom stereocenters. The van der Waals surface area contributed by atoms with E-state index in [2.05, 4.69) is 6.92 Å². The summed E-state index contributed by atoms with van der Waals surface area (Å²) in [6, 6.07) is 0. The molecule has 0 heterocycles. The summed E-state index contributed by atoms with van der Waals surface area (Å²) in [6.07, 6.45) is 11.7. The number of hydrogen-bond donors (Lipinski definition) is 0. The van der Waals surface area contributed by atoms with E-state index in [4.69, 9.17) is 9.47 Å². The van der Waals surface area contributed by atoms with E-state index >= 15 is 0 Å². The molecule has 0 aromatic heterocycles. The first-order chi connectivity index (χ1) is 7.34. The maximum atomic E-state index is 5.87. The quantitative estimate of drug-likeness (QED) is 0.672. The average Bonchev–Trinajstić information content (AvgIpc) is 2.64. The average molecular weight is 212 g/mol. The van der Waals surface area contributed by atoms with E-state index in [0.717, 1.165) is 13.0 Å². The fraction of sp³-hybridized carbons (Fsp3) is 1.00. The van der Waals surface area contributed by atoms with E-state index < -0.39 is 0 Å². The Hall–Kier alpha value is -0.0800. The summed E-state index contributed by atoms with van der Waals surface area (Å²) in [6.45, 7) is 3.06. The van der Waals surface area contributed by atoms with Crippen LogP contribution in [0.1, 0.15) is 58.3 Å². The molecule has 15 heavy (non-hydrogen) atoms. The Kier molecular flexibility index (Phi) is 4.45. The predicted octanol–water partition coefficient (Wildman–Crippen LogP) is 3.29.